The third kappa shape index (κ3) is 5.65. The molecule has 7 rings (SSSR count). The highest BCUT2D eigenvalue weighted by Gasteiger charge is 2.48. The van der Waals surface area contributed by atoms with E-state index in [-0.39, 0.29) is 17.4 Å². The van der Waals surface area contributed by atoms with Crippen molar-refractivity contribution in [3.8, 4) is 5.75 Å². The molecule has 3 saturated heterocycles. The molecule has 1 unspecified atom stereocenters. The maximum atomic E-state index is 12.9. The van der Waals surface area contributed by atoms with E-state index in [1.54, 1.807) is 13.8 Å². The van der Waals surface area contributed by atoms with Gasteiger partial charge in [-0.3, -0.25) is 9.88 Å². The topological polar surface area (TPSA) is 82.9 Å². The van der Waals surface area contributed by atoms with Crippen molar-refractivity contribution < 1.29 is 32.9 Å². The summed E-state index contributed by atoms with van der Waals surface area (Å²) in [6.45, 7) is 9.35. The third-order valence-corrected chi connectivity index (χ3v) is 9.17. The van der Waals surface area contributed by atoms with Crippen LogP contribution in [0.1, 0.15) is 41.2 Å². The number of hydrogen-bond acceptors (Lipinski definition) is 5. The first-order chi connectivity index (χ1) is 19.9. The van der Waals surface area contributed by atoms with Crippen molar-refractivity contribution in [1.82, 2.24) is 9.88 Å². The SMILES string of the molecule is C=C[C@H]1CN2CC[C@H]1C[C@@H]2[C@@H](O)c1ccnc2ccccc12.Cc1cc2c(c(C)c1Cl)C=C(C(=O)O)[C@@H](C(F)(F)F)O2. The van der Waals surface area contributed by atoms with Gasteiger partial charge in [0.15, 0.2) is 0 Å². The monoisotopic (exact) mass is 600 g/mol. The standard InChI is InChI=1S/C19H22N2O.C13H10ClF3O3/c1-2-13-12-21-10-8-14(13)11-18(21)19(22)16-7-9-20-17-6-4-3-5-15(16)17;1-5-3-9-7(6(2)10(5)14)4-8(12(18)19)11(20-9)13(15,16)17/h2-7,9,13-14,18-19,22H,1,8,10-12H2;3-4,11H,1-2H3,(H,18,19)/t13-,14-,18+,19-;11-/m00/s1. The van der Waals surface area contributed by atoms with Crippen LogP contribution in [0.5, 0.6) is 5.75 Å². The molecule has 3 fully saturated rings. The third-order valence-electron chi connectivity index (χ3n) is 8.58. The van der Waals surface area contributed by atoms with Crippen LogP contribution in [0, 0.1) is 25.7 Å². The van der Waals surface area contributed by atoms with Crippen molar-refractivity contribution in [2.45, 2.75) is 51.1 Å². The molecule has 6 nitrogen and oxygen atoms in total. The molecule has 0 spiro atoms. The van der Waals surface area contributed by atoms with Gasteiger partial charge in [0, 0.05) is 34.8 Å². The lowest BCUT2D eigenvalue weighted by atomic mass is 9.73. The van der Waals surface area contributed by atoms with Crippen molar-refractivity contribution in [2.75, 3.05) is 13.1 Å². The lowest BCUT2D eigenvalue weighted by molar-refractivity contribution is -0.187. The quantitative estimate of drug-likeness (QED) is 0.317. The number of nitrogens with zero attached hydrogens (tertiary/aromatic N) is 2. The van der Waals surface area contributed by atoms with Crippen LogP contribution in [0.15, 0.2) is 60.8 Å². The second-order valence-corrected chi connectivity index (χ2v) is 11.5. The summed E-state index contributed by atoms with van der Waals surface area (Å²) in [4.78, 5) is 17.9. The zero-order valence-electron chi connectivity index (χ0n) is 23.2. The highest BCUT2D eigenvalue weighted by molar-refractivity contribution is 6.32. The molecule has 4 aliphatic heterocycles. The Labute approximate surface area is 247 Å². The predicted octanol–water partition coefficient (Wildman–Crippen LogP) is 6.91. The van der Waals surface area contributed by atoms with Gasteiger partial charge in [0.1, 0.15) is 5.75 Å². The zero-order valence-corrected chi connectivity index (χ0v) is 24.0. The summed E-state index contributed by atoms with van der Waals surface area (Å²) in [5, 5.41) is 21.4. The number of rotatable bonds is 4. The minimum absolute atomic E-state index is 0.0169. The van der Waals surface area contributed by atoms with E-state index in [2.05, 4.69) is 28.6 Å². The number of pyridine rings is 1. The van der Waals surface area contributed by atoms with Crippen molar-refractivity contribution >= 4 is 34.5 Å². The summed E-state index contributed by atoms with van der Waals surface area (Å²) in [7, 11) is 0. The predicted molar refractivity (Wildman–Crippen MR) is 155 cm³/mol. The molecule has 0 radical (unpaired) electrons. The fourth-order valence-electron chi connectivity index (χ4n) is 6.34. The Morgan fingerprint density at radius 1 is 1.26 bits per heavy atom. The average molecular weight is 601 g/mol. The van der Waals surface area contributed by atoms with Gasteiger partial charge < -0.3 is 14.9 Å². The molecule has 42 heavy (non-hydrogen) atoms. The fraction of sp³-hybridized carbons (Fsp3) is 0.375. The van der Waals surface area contributed by atoms with Crippen molar-refractivity contribution in [3.05, 3.63) is 88.1 Å². The van der Waals surface area contributed by atoms with E-state index >= 15 is 0 Å². The van der Waals surface area contributed by atoms with Gasteiger partial charge in [0.2, 0.25) is 6.10 Å². The van der Waals surface area contributed by atoms with E-state index in [0.717, 1.165) is 42.1 Å². The Balaban J connectivity index is 0.000000169. The summed E-state index contributed by atoms with van der Waals surface area (Å²) in [6.07, 6.45) is -0.547. The molecule has 6 atom stereocenters. The molecule has 2 aromatic carbocycles. The molecule has 5 heterocycles. The number of aromatic nitrogens is 1. The Bertz CT molecular complexity index is 1550. The van der Waals surface area contributed by atoms with Gasteiger partial charge in [-0.15, -0.1) is 6.58 Å². The molecule has 2 bridgehead atoms. The van der Waals surface area contributed by atoms with Crippen LogP contribution in [-0.4, -0.2) is 57.5 Å². The molecule has 0 saturated carbocycles. The van der Waals surface area contributed by atoms with Gasteiger partial charge in [-0.2, -0.15) is 13.2 Å². The summed E-state index contributed by atoms with van der Waals surface area (Å²) < 4.78 is 43.5. The number of aliphatic hydroxyl groups excluding tert-OH is 1. The maximum Gasteiger partial charge on any atom is 0.430 e. The summed E-state index contributed by atoms with van der Waals surface area (Å²) in [6, 6.07) is 11.6. The van der Waals surface area contributed by atoms with E-state index in [9.17, 15) is 23.1 Å². The Morgan fingerprint density at radius 2 is 2.00 bits per heavy atom. The number of aliphatic hydroxyl groups is 1. The molecule has 1 aromatic heterocycles. The van der Waals surface area contributed by atoms with Crippen LogP contribution >= 0.6 is 11.6 Å². The number of ether oxygens (including phenoxy) is 1. The number of aryl methyl sites for hydroxylation is 1. The molecule has 0 aliphatic carbocycles. The van der Waals surface area contributed by atoms with Crippen LogP contribution in [0.25, 0.3) is 17.0 Å². The van der Waals surface area contributed by atoms with E-state index in [4.69, 9.17) is 21.4 Å². The first kappa shape index (κ1) is 30.1. The van der Waals surface area contributed by atoms with Gasteiger partial charge in [0.05, 0.1) is 17.2 Å². The number of hydrogen-bond donors (Lipinski definition) is 2. The minimum Gasteiger partial charge on any atom is -0.478 e. The summed E-state index contributed by atoms with van der Waals surface area (Å²) in [5.74, 6) is -0.424. The highest BCUT2D eigenvalue weighted by atomic mass is 35.5. The molecular formula is C32H32ClF3N2O4. The number of piperidine rings is 3. The Kier molecular flexibility index (Phi) is 8.38. The van der Waals surface area contributed by atoms with Gasteiger partial charge in [0.25, 0.3) is 0 Å². The lowest BCUT2D eigenvalue weighted by Crippen LogP contribution is -2.54. The van der Waals surface area contributed by atoms with Crippen molar-refractivity contribution in [3.63, 3.8) is 0 Å². The molecular weight excluding hydrogens is 569 g/mol. The van der Waals surface area contributed by atoms with Crippen molar-refractivity contribution in [2.24, 2.45) is 11.8 Å². The fourth-order valence-corrected chi connectivity index (χ4v) is 6.50. The highest BCUT2D eigenvalue weighted by Crippen LogP contribution is 2.43. The number of alkyl halides is 3. The molecule has 222 valence electrons. The van der Waals surface area contributed by atoms with E-state index < -0.39 is 29.9 Å². The number of aliphatic carboxylic acids is 1. The maximum absolute atomic E-state index is 12.9. The molecule has 3 aromatic rings. The van der Waals surface area contributed by atoms with Gasteiger partial charge >= 0.3 is 12.1 Å². The number of fused-ring (bicyclic) bond motifs is 5. The summed E-state index contributed by atoms with van der Waals surface area (Å²) in [5.41, 5.74) is 2.43. The van der Waals surface area contributed by atoms with Gasteiger partial charge in [-0.25, -0.2) is 4.79 Å². The van der Waals surface area contributed by atoms with Crippen molar-refractivity contribution in [1.29, 1.82) is 0 Å². The summed E-state index contributed by atoms with van der Waals surface area (Å²) >= 11 is 6.01. The largest absolute Gasteiger partial charge is 0.478 e. The van der Waals surface area contributed by atoms with Crippen LogP contribution in [0.2, 0.25) is 5.02 Å². The second kappa shape index (κ2) is 11.7. The first-order valence-electron chi connectivity index (χ1n) is 13.8. The molecule has 4 aliphatic rings. The molecule has 2 N–H and O–H groups in total. The number of benzene rings is 2. The van der Waals surface area contributed by atoms with Crippen LogP contribution in [-0.2, 0) is 4.79 Å². The smallest absolute Gasteiger partial charge is 0.430 e. The van der Waals surface area contributed by atoms with E-state index in [0.29, 0.717) is 28.0 Å². The van der Waals surface area contributed by atoms with Gasteiger partial charge in [-0.05, 0) is 86.0 Å². The zero-order chi connectivity index (χ0) is 30.3. The minimum atomic E-state index is -4.80. The van der Waals surface area contributed by atoms with E-state index in [1.165, 1.54) is 12.5 Å². The molecule has 0 amide bonds. The first-order valence-corrected chi connectivity index (χ1v) is 14.1. The number of carboxylic acids is 1. The number of halogens is 4. The van der Waals surface area contributed by atoms with Gasteiger partial charge in [-0.1, -0.05) is 35.9 Å². The van der Waals surface area contributed by atoms with Crippen LogP contribution < -0.4 is 4.74 Å². The second-order valence-electron chi connectivity index (χ2n) is 11.1. The average Bonchev–Trinajstić information content (AvgIpc) is 2.98. The number of carboxylic acid groups (broad SMARTS) is 1. The Morgan fingerprint density at radius 3 is 2.64 bits per heavy atom. The van der Waals surface area contributed by atoms with Crippen LogP contribution in [0.4, 0.5) is 13.2 Å². The normalized spacial score (nSPS) is 25.4. The lowest BCUT2D eigenvalue weighted by Gasteiger charge is -2.50. The number of carbonyl (C=O) groups is 1. The van der Waals surface area contributed by atoms with Crippen LogP contribution in [0.3, 0.4) is 0 Å². The Hall–Kier alpha value is -3.40. The van der Waals surface area contributed by atoms with E-state index in [1.807, 2.05) is 30.5 Å². The number of para-hydroxylation sites is 1. The molecule has 10 heteroatoms.